The van der Waals surface area contributed by atoms with Crippen LogP contribution >= 0.6 is 0 Å². The second kappa shape index (κ2) is 9.46. The van der Waals surface area contributed by atoms with Crippen molar-refractivity contribution in [2.24, 2.45) is 0 Å². The van der Waals surface area contributed by atoms with Gasteiger partial charge in [0.05, 0.1) is 0 Å². The van der Waals surface area contributed by atoms with E-state index >= 15 is 0 Å². The quantitative estimate of drug-likeness (QED) is 0.239. The predicted molar refractivity (Wildman–Crippen MR) is 177 cm³/mol. The molecular formula is C28H14B10O. The van der Waals surface area contributed by atoms with Gasteiger partial charge in [0.25, 0.3) is 0 Å². The molecule has 20 radical (unpaired) electrons. The van der Waals surface area contributed by atoms with Crippen LogP contribution < -0.4 is 54.6 Å². The average Bonchev–Trinajstić information content (AvgIpc) is 3.27. The van der Waals surface area contributed by atoms with Gasteiger partial charge in [-0.1, -0.05) is 60.8 Å². The van der Waals surface area contributed by atoms with E-state index in [0.29, 0.717) is 27.9 Å². The molecule has 0 aliphatic rings. The SMILES string of the molecule is [B]c1c([B])c([B])c(-c2ccc3oc4cccc(-c5c([B])c([B])c([B])c([B])c5[B])c4c3c2C(C)(C)C)c([B])c1[B]. The van der Waals surface area contributed by atoms with Gasteiger partial charge in [0.1, 0.15) is 89.6 Å². The topological polar surface area (TPSA) is 13.1 Å². The van der Waals surface area contributed by atoms with Gasteiger partial charge in [-0.3, -0.25) is 0 Å². The molecule has 0 saturated heterocycles. The molecule has 0 N–H and O–H groups in total. The number of fused-ring (bicyclic) bond motifs is 3. The highest BCUT2D eigenvalue weighted by Gasteiger charge is 2.28. The molecule has 0 atom stereocenters. The van der Waals surface area contributed by atoms with Crippen LogP contribution in [-0.2, 0) is 5.41 Å². The van der Waals surface area contributed by atoms with Crippen molar-refractivity contribution in [3.8, 4) is 22.3 Å². The summed E-state index contributed by atoms with van der Waals surface area (Å²) in [6, 6.07) is 9.34. The summed E-state index contributed by atoms with van der Waals surface area (Å²) in [5.74, 6) is 0. The van der Waals surface area contributed by atoms with Gasteiger partial charge < -0.3 is 4.42 Å². The molecule has 0 bridgehead atoms. The highest BCUT2D eigenvalue weighted by molar-refractivity contribution is 6.70. The molecular weight excluding hydrogens is 460 g/mol. The summed E-state index contributed by atoms with van der Waals surface area (Å²) in [4.78, 5) is 0. The molecule has 1 heterocycles. The minimum atomic E-state index is -0.446. The molecule has 0 fully saturated rings. The molecule has 11 heteroatoms. The van der Waals surface area contributed by atoms with E-state index in [4.69, 9.17) is 82.9 Å². The van der Waals surface area contributed by atoms with Crippen molar-refractivity contribution >= 4 is 155 Å². The lowest BCUT2D eigenvalue weighted by Gasteiger charge is -2.29. The number of furan rings is 1. The number of hydrogen-bond donors (Lipinski definition) is 0. The lowest BCUT2D eigenvalue weighted by Crippen LogP contribution is -2.55. The van der Waals surface area contributed by atoms with Crippen molar-refractivity contribution in [3.63, 3.8) is 0 Å². The van der Waals surface area contributed by atoms with E-state index in [1.165, 1.54) is 0 Å². The first-order chi connectivity index (χ1) is 18.2. The van der Waals surface area contributed by atoms with Crippen LogP contribution in [-0.4, -0.2) is 78.5 Å². The molecule has 5 aromatic rings. The van der Waals surface area contributed by atoms with Crippen molar-refractivity contribution in [1.29, 1.82) is 0 Å². The van der Waals surface area contributed by atoms with Crippen LogP contribution in [0.3, 0.4) is 0 Å². The predicted octanol–water partition coefficient (Wildman–Crippen LogP) is -3.84. The zero-order valence-electron chi connectivity index (χ0n) is 22.1. The van der Waals surface area contributed by atoms with Gasteiger partial charge in [0.15, 0.2) is 0 Å². The molecule has 0 unspecified atom stereocenters. The fourth-order valence-corrected chi connectivity index (χ4v) is 5.38. The van der Waals surface area contributed by atoms with Crippen LogP contribution in [0.15, 0.2) is 34.7 Å². The minimum Gasteiger partial charge on any atom is -0.456 e. The Hall–Kier alpha value is -2.67. The fourth-order valence-electron chi connectivity index (χ4n) is 5.38. The molecule has 0 spiro atoms. The molecule has 162 valence electrons. The Morgan fingerprint density at radius 3 is 1.33 bits per heavy atom. The van der Waals surface area contributed by atoms with Gasteiger partial charge in [-0.25, -0.2) is 0 Å². The maximum absolute atomic E-state index is 6.50. The van der Waals surface area contributed by atoms with E-state index in [0.717, 1.165) is 21.9 Å². The molecule has 4 aromatic carbocycles. The molecule has 1 nitrogen and oxygen atoms in total. The highest BCUT2D eigenvalue weighted by Crippen LogP contribution is 2.44. The van der Waals surface area contributed by atoms with Gasteiger partial charge in [-0.2, -0.15) is 0 Å². The van der Waals surface area contributed by atoms with Gasteiger partial charge in [0, 0.05) is 10.8 Å². The first-order valence-electron chi connectivity index (χ1n) is 12.2. The number of benzene rings is 4. The Labute approximate surface area is 243 Å². The zero-order chi connectivity index (χ0) is 28.7. The summed E-state index contributed by atoms with van der Waals surface area (Å²) in [6.45, 7) is 6.22. The molecule has 1 aromatic heterocycles. The zero-order valence-corrected chi connectivity index (χ0v) is 22.1. The first-order valence-corrected chi connectivity index (χ1v) is 12.2. The largest absolute Gasteiger partial charge is 0.456 e. The molecule has 0 saturated carbocycles. The average molecular weight is 475 g/mol. The summed E-state index contributed by atoms with van der Waals surface area (Å²) in [5, 5.41) is 1.57. The second-order valence-corrected chi connectivity index (χ2v) is 10.8. The third kappa shape index (κ3) is 4.06. The van der Waals surface area contributed by atoms with Crippen molar-refractivity contribution in [3.05, 3.63) is 35.9 Å². The Balaban J connectivity index is 2.03. The molecule has 0 aliphatic heterocycles. The van der Waals surface area contributed by atoms with Gasteiger partial charge in [-0.05, 0) is 45.4 Å². The Morgan fingerprint density at radius 1 is 0.462 bits per heavy atom. The van der Waals surface area contributed by atoms with E-state index in [1.807, 2.05) is 30.3 Å². The van der Waals surface area contributed by atoms with Crippen LogP contribution in [0.5, 0.6) is 0 Å². The van der Waals surface area contributed by atoms with Crippen molar-refractivity contribution in [2.75, 3.05) is 0 Å². The van der Waals surface area contributed by atoms with Crippen LogP contribution in [0.1, 0.15) is 26.3 Å². The lowest BCUT2D eigenvalue weighted by atomic mass is 9.59. The number of hydrogen-bond acceptors (Lipinski definition) is 1. The fraction of sp³-hybridized carbons (Fsp3) is 0.143. The smallest absolute Gasteiger partial charge is 0.136 e. The van der Waals surface area contributed by atoms with E-state index in [-0.39, 0.29) is 54.6 Å². The first kappa shape index (κ1) is 27.9. The van der Waals surface area contributed by atoms with Crippen LogP contribution in [0.4, 0.5) is 0 Å². The Bertz CT molecular complexity index is 1790. The Kier molecular flexibility index (Phi) is 6.77. The van der Waals surface area contributed by atoms with Crippen molar-refractivity contribution in [2.45, 2.75) is 26.2 Å². The maximum Gasteiger partial charge on any atom is 0.136 e. The summed E-state index contributed by atoms with van der Waals surface area (Å²) >= 11 is 0. The van der Waals surface area contributed by atoms with E-state index in [2.05, 4.69) is 20.8 Å². The lowest BCUT2D eigenvalue weighted by molar-refractivity contribution is 0.596. The number of rotatable bonds is 2. The second-order valence-electron chi connectivity index (χ2n) is 10.8. The minimum absolute atomic E-state index is 0.139. The molecule has 39 heavy (non-hydrogen) atoms. The van der Waals surface area contributed by atoms with Gasteiger partial charge in [0.2, 0.25) is 0 Å². The van der Waals surface area contributed by atoms with E-state index in [9.17, 15) is 0 Å². The standard InChI is InChI=1S/C28H14B10O/c1-28(2,3)17-10(15-20(31)24(35)27(38)25(36)21(15)32)7-8-12-16(17)13-9(5-4-6-11(13)39-12)14-18(29)22(33)26(37)23(34)19(14)30/h4-8H,1-3H3. The molecule has 0 aliphatic carbocycles. The van der Waals surface area contributed by atoms with Crippen LogP contribution in [0, 0.1) is 0 Å². The summed E-state index contributed by atoms with van der Waals surface area (Å²) in [6.07, 6.45) is 0. The summed E-state index contributed by atoms with van der Waals surface area (Å²) in [5.41, 5.74) is 5.94. The van der Waals surface area contributed by atoms with Crippen LogP contribution in [0.2, 0.25) is 0 Å². The van der Waals surface area contributed by atoms with Gasteiger partial charge >= 0.3 is 0 Å². The maximum atomic E-state index is 6.50. The van der Waals surface area contributed by atoms with Gasteiger partial charge in [-0.15, -0.1) is 32.8 Å². The van der Waals surface area contributed by atoms with Crippen molar-refractivity contribution in [1.82, 2.24) is 0 Å². The van der Waals surface area contributed by atoms with Crippen LogP contribution in [0.25, 0.3) is 44.2 Å². The highest BCUT2D eigenvalue weighted by atomic mass is 16.3. The normalized spacial score (nSPS) is 12.0. The van der Waals surface area contributed by atoms with E-state index in [1.54, 1.807) is 0 Å². The summed E-state index contributed by atoms with van der Waals surface area (Å²) < 4.78 is 6.33. The third-order valence-electron chi connectivity index (χ3n) is 7.35. The van der Waals surface area contributed by atoms with E-state index < -0.39 is 5.41 Å². The summed E-state index contributed by atoms with van der Waals surface area (Å²) in [7, 11) is 63.0. The Morgan fingerprint density at radius 2 is 0.872 bits per heavy atom. The van der Waals surface area contributed by atoms with Crippen molar-refractivity contribution < 1.29 is 4.42 Å². The monoisotopic (exact) mass is 476 g/mol. The molecule has 0 amide bonds. The third-order valence-corrected chi connectivity index (χ3v) is 7.35. The molecule has 5 rings (SSSR count).